The molecule has 1 aliphatic heterocycles. The molecule has 0 bridgehead atoms. The number of amides is 2. The number of nitrogens with zero attached hydrogens (tertiary/aromatic N) is 3. The van der Waals surface area contributed by atoms with E-state index in [4.69, 9.17) is 0 Å². The highest BCUT2D eigenvalue weighted by Crippen LogP contribution is 2.25. The molecule has 1 aromatic heterocycles. The molecule has 25 heavy (non-hydrogen) atoms. The first kappa shape index (κ1) is 15.1. The van der Waals surface area contributed by atoms with Gasteiger partial charge in [0, 0.05) is 5.69 Å². The van der Waals surface area contributed by atoms with Crippen LogP contribution in [0.25, 0.3) is 11.0 Å². The number of carbonyl (C=O) groups is 2. The van der Waals surface area contributed by atoms with Gasteiger partial charge in [-0.1, -0.05) is 18.2 Å². The summed E-state index contributed by atoms with van der Waals surface area (Å²) in [5, 5.41) is 8.30. The number of para-hydroxylation sites is 1. The van der Waals surface area contributed by atoms with Gasteiger partial charge in [-0.15, -0.1) is 0 Å². The highest BCUT2D eigenvalue weighted by molar-refractivity contribution is 6.28. The van der Waals surface area contributed by atoms with Crippen LogP contribution in [0, 0.1) is 5.92 Å². The first-order chi connectivity index (χ1) is 12.1. The van der Waals surface area contributed by atoms with Gasteiger partial charge in [-0.3, -0.25) is 9.59 Å². The highest BCUT2D eigenvalue weighted by Gasteiger charge is 2.39. The number of aromatic nitrogens is 2. The number of benzene rings is 2. The second kappa shape index (κ2) is 5.86. The number of hydrogen-bond donors (Lipinski definition) is 2. The van der Waals surface area contributed by atoms with Gasteiger partial charge in [-0.05, 0) is 37.3 Å². The maximum atomic E-state index is 12.7. The number of rotatable bonds is 3. The number of H-pyrrole nitrogens is 1. The predicted octanol–water partition coefficient (Wildman–Crippen LogP) is 2.54. The summed E-state index contributed by atoms with van der Waals surface area (Å²) in [6.45, 7) is 1.68. The molecule has 124 valence electrons. The van der Waals surface area contributed by atoms with Crippen LogP contribution in [0.15, 0.2) is 60.0 Å². The summed E-state index contributed by atoms with van der Waals surface area (Å²) in [4.78, 5) is 32.4. The Balaban J connectivity index is 1.56. The predicted molar refractivity (Wildman–Crippen MR) is 95.3 cm³/mol. The van der Waals surface area contributed by atoms with E-state index in [0.717, 1.165) is 11.0 Å². The smallest absolute Gasteiger partial charge is 0.265 e. The lowest BCUT2D eigenvalue weighted by Gasteiger charge is -2.14. The van der Waals surface area contributed by atoms with Crippen LogP contribution in [0.5, 0.6) is 0 Å². The molecule has 0 saturated carbocycles. The van der Waals surface area contributed by atoms with Crippen molar-refractivity contribution in [2.75, 3.05) is 10.3 Å². The van der Waals surface area contributed by atoms with E-state index in [0.29, 0.717) is 17.1 Å². The normalized spacial score (nSPS) is 17.0. The Morgan fingerprint density at radius 1 is 1.20 bits per heavy atom. The average Bonchev–Trinajstić information content (AvgIpc) is 3.19. The quantitative estimate of drug-likeness (QED) is 0.722. The number of nitrogens with one attached hydrogen (secondary N) is 2. The largest absolute Gasteiger partial charge is 0.345 e. The third-order valence-electron chi connectivity index (χ3n) is 4.08. The van der Waals surface area contributed by atoms with E-state index in [1.165, 1.54) is 5.01 Å². The molecule has 2 amide bonds. The number of anilines is 2. The number of imidazole rings is 1. The number of carbonyl (C=O) groups excluding carboxylic acids is 2. The summed E-state index contributed by atoms with van der Waals surface area (Å²) in [5.74, 6) is -1.70. The number of hydrazone groups is 1. The molecule has 4 rings (SSSR count). The molecule has 2 aromatic carbocycles. The SMILES string of the molecule is CC1=NN(c2ccccc2)C(=O)C1C(=O)Nc1ccc2[nH]cnc2c1. The molecule has 7 nitrogen and oxygen atoms in total. The minimum atomic E-state index is -0.935. The zero-order valence-corrected chi connectivity index (χ0v) is 13.4. The van der Waals surface area contributed by atoms with E-state index < -0.39 is 11.8 Å². The maximum Gasteiger partial charge on any atom is 0.265 e. The first-order valence-corrected chi connectivity index (χ1v) is 7.81. The molecule has 3 aromatic rings. The molecule has 1 aliphatic rings. The molecular weight excluding hydrogens is 318 g/mol. The van der Waals surface area contributed by atoms with Crippen LogP contribution in [0.4, 0.5) is 11.4 Å². The van der Waals surface area contributed by atoms with Crippen molar-refractivity contribution in [2.45, 2.75) is 6.92 Å². The standard InChI is InChI=1S/C18H15N5O2/c1-11-16(18(25)23(22-11)13-5-3-2-4-6-13)17(24)21-12-7-8-14-15(9-12)20-10-19-14/h2-10,16H,1H3,(H,19,20)(H,21,24). The third-order valence-corrected chi connectivity index (χ3v) is 4.08. The molecule has 0 fully saturated rings. The van der Waals surface area contributed by atoms with Crippen LogP contribution in [-0.4, -0.2) is 27.5 Å². The van der Waals surface area contributed by atoms with Crippen LogP contribution >= 0.6 is 0 Å². The molecule has 0 spiro atoms. The van der Waals surface area contributed by atoms with E-state index >= 15 is 0 Å². The lowest BCUT2D eigenvalue weighted by atomic mass is 10.0. The summed E-state index contributed by atoms with van der Waals surface area (Å²) in [5.41, 5.74) is 3.31. The number of fused-ring (bicyclic) bond motifs is 1. The van der Waals surface area contributed by atoms with Crippen LogP contribution < -0.4 is 10.3 Å². The summed E-state index contributed by atoms with van der Waals surface area (Å²) < 4.78 is 0. The van der Waals surface area contributed by atoms with E-state index in [2.05, 4.69) is 20.4 Å². The van der Waals surface area contributed by atoms with Gasteiger partial charge in [-0.2, -0.15) is 10.1 Å². The van der Waals surface area contributed by atoms with Crippen molar-refractivity contribution in [3.05, 3.63) is 54.9 Å². The van der Waals surface area contributed by atoms with Crippen LogP contribution in [0.1, 0.15) is 6.92 Å². The van der Waals surface area contributed by atoms with Crippen LogP contribution in [-0.2, 0) is 9.59 Å². The fourth-order valence-corrected chi connectivity index (χ4v) is 2.85. The third kappa shape index (κ3) is 2.65. The van der Waals surface area contributed by atoms with Crippen LogP contribution in [0.3, 0.4) is 0 Å². The van der Waals surface area contributed by atoms with Crippen molar-refractivity contribution in [1.29, 1.82) is 0 Å². The van der Waals surface area contributed by atoms with Crippen molar-refractivity contribution in [1.82, 2.24) is 9.97 Å². The maximum absolute atomic E-state index is 12.7. The van der Waals surface area contributed by atoms with Crippen molar-refractivity contribution in [3.8, 4) is 0 Å². The summed E-state index contributed by atoms with van der Waals surface area (Å²) >= 11 is 0. The van der Waals surface area contributed by atoms with Gasteiger partial charge in [0.2, 0.25) is 5.91 Å². The molecule has 2 N–H and O–H groups in total. The topological polar surface area (TPSA) is 90.5 Å². The second-order valence-electron chi connectivity index (χ2n) is 5.78. The summed E-state index contributed by atoms with van der Waals surface area (Å²) in [7, 11) is 0. The summed E-state index contributed by atoms with van der Waals surface area (Å²) in [6.07, 6.45) is 1.59. The van der Waals surface area contributed by atoms with Gasteiger partial charge in [0.05, 0.1) is 28.8 Å². The van der Waals surface area contributed by atoms with E-state index in [9.17, 15) is 9.59 Å². The van der Waals surface area contributed by atoms with E-state index in [-0.39, 0.29) is 5.91 Å². The Morgan fingerprint density at radius 3 is 2.80 bits per heavy atom. The minimum absolute atomic E-state index is 0.359. The van der Waals surface area contributed by atoms with Gasteiger partial charge in [0.15, 0.2) is 5.92 Å². The molecule has 1 unspecified atom stereocenters. The van der Waals surface area contributed by atoms with Gasteiger partial charge >= 0.3 is 0 Å². The van der Waals surface area contributed by atoms with Gasteiger partial charge in [0.25, 0.3) is 5.91 Å². The fourth-order valence-electron chi connectivity index (χ4n) is 2.85. The average molecular weight is 333 g/mol. The molecule has 1 atom stereocenters. The van der Waals surface area contributed by atoms with Crippen LogP contribution in [0.2, 0.25) is 0 Å². The fraction of sp³-hybridized carbons (Fsp3) is 0.111. The van der Waals surface area contributed by atoms with E-state index in [1.54, 1.807) is 37.5 Å². The van der Waals surface area contributed by atoms with Crippen molar-refractivity contribution < 1.29 is 9.59 Å². The van der Waals surface area contributed by atoms with Crippen molar-refractivity contribution >= 4 is 39.9 Å². The Bertz CT molecular complexity index is 993. The Hall–Kier alpha value is -3.48. The zero-order valence-electron chi connectivity index (χ0n) is 13.4. The van der Waals surface area contributed by atoms with E-state index in [1.807, 2.05) is 24.3 Å². The number of hydrogen-bond acceptors (Lipinski definition) is 4. The van der Waals surface area contributed by atoms with Crippen molar-refractivity contribution in [2.24, 2.45) is 11.0 Å². The second-order valence-corrected chi connectivity index (χ2v) is 5.78. The lowest BCUT2D eigenvalue weighted by Crippen LogP contribution is -2.36. The lowest BCUT2D eigenvalue weighted by molar-refractivity contribution is -0.127. The molecule has 0 saturated heterocycles. The monoisotopic (exact) mass is 333 g/mol. The molecule has 2 heterocycles. The highest BCUT2D eigenvalue weighted by atomic mass is 16.2. The summed E-state index contributed by atoms with van der Waals surface area (Å²) in [6, 6.07) is 14.4. The minimum Gasteiger partial charge on any atom is -0.345 e. The van der Waals surface area contributed by atoms with Gasteiger partial charge < -0.3 is 10.3 Å². The number of aromatic amines is 1. The molecule has 7 heteroatoms. The molecule has 0 radical (unpaired) electrons. The zero-order chi connectivity index (χ0) is 17.4. The van der Waals surface area contributed by atoms with Gasteiger partial charge in [-0.25, -0.2) is 4.98 Å². The van der Waals surface area contributed by atoms with Gasteiger partial charge in [0.1, 0.15) is 0 Å². The molecular formula is C18H15N5O2. The first-order valence-electron chi connectivity index (χ1n) is 7.81. The Kier molecular flexibility index (Phi) is 3.53. The Morgan fingerprint density at radius 2 is 2.00 bits per heavy atom. The van der Waals surface area contributed by atoms with Crippen molar-refractivity contribution in [3.63, 3.8) is 0 Å². The Labute approximate surface area is 143 Å². The molecule has 0 aliphatic carbocycles.